The van der Waals surface area contributed by atoms with Gasteiger partial charge >= 0.3 is 6.18 Å². The number of hydrogen-bond donors (Lipinski definition) is 1. The Morgan fingerprint density at radius 3 is 2.64 bits per heavy atom. The molecule has 0 spiro atoms. The number of fused-ring (bicyclic) bond motifs is 1. The summed E-state index contributed by atoms with van der Waals surface area (Å²) in [5.41, 5.74) is 3.87. The highest BCUT2D eigenvalue weighted by atomic mass is 19.4. The summed E-state index contributed by atoms with van der Waals surface area (Å²) in [6, 6.07) is 4.82. The molecule has 22 heavy (non-hydrogen) atoms. The van der Waals surface area contributed by atoms with E-state index in [1.165, 1.54) is 30.7 Å². The Hall–Kier alpha value is -2.90. The van der Waals surface area contributed by atoms with E-state index < -0.39 is 17.6 Å². The van der Waals surface area contributed by atoms with Crippen molar-refractivity contribution < 1.29 is 22.4 Å². The molecule has 0 radical (unpaired) electrons. The quantitative estimate of drug-likeness (QED) is 0.789. The number of alkyl halides is 3. The molecule has 0 unspecified atom stereocenters. The van der Waals surface area contributed by atoms with E-state index in [1.807, 2.05) is 0 Å². The molecule has 2 aromatic heterocycles. The Bertz CT molecular complexity index is 858. The van der Waals surface area contributed by atoms with Crippen molar-refractivity contribution in [2.45, 2.75) is 6.18 Å². The average Bonchev–Trinajstić information content (AvgIpc) is 2.98. The number of para-hydroxylation sites is 1. The molecule has 112 valence electrons. The first-order chi connectivity index (χ1) is 10.4. The predicted octanol–water partition coefficient (Wildman–Crippen LogP) is 3.01. The van der Waals surface area contributed by atoms with E-state index >= 15 is 0 Å². The van der Waals surface area contributed by atoms with E-state index in [-0.39, 0.29) is 28.1 Å². The minimum absolute atomic E-state index is 0.0609. The largest absolute Gasteiger partial charge is 0.443 e. The fourth-order valence-electron chi connectivity index (χ4n) is 2.12. The second-order valence-corrected chi connectivity index (χ2v) is 4.46. The predicted molar refractivity (Wildman–Crippen MR) is 70.8 cm³/mol. The van der Waals surface area contributed by atoms with Crippen LogP contribution in [0.5, 0.6) is 0 Å². The number of aromatic nitrogens is 2. The van der Waals surface area contributed by atoms with Crippen molar-refractivity contribution in [3.63, 3.8) is 0 Å². The van der Waals surface area contributed by atoms with E-state index in [9.17, 15) is 18.0 Å². The maximum atomic E-state index is 13.1. The number of hydrogen-bond acceptors (Lipinski definition) is 4. The minimum atomic E-state index is -4.57. The summed E-state index contributed by atoms with van der Waals surface area (Å²) >= 11 is 0. The van der Waals surface area contributed by atoms with Gasteiger partial charge in [0.05, 0.1) is 22.8 Å². The lowest BCUT2D eigenvalue weighted by Gasteiger charge is -2.11. The number of benzene rings is 1. The molecule has 0 atom stereocenters. The lowest BCUT2D eigenvalue weighted by Crippen LogP contribution is -2.14. The van der Waals surface area contributed by atoms with Gasteiger partial charge in [0.1, 0.15) is 12.0 Å². The Kier molecular flexibility index (Phi) is 3.09. The summed E-state index contributed by atoms with van der Waals surface area (Å²) < 4.78 is 44.3. The first-order valence-electron chi connectivity index (χ1n) is 6.08. The molecule has 3 aromatic rings. The number of carbonyl (C=O) groups excluding carboxylic acids is 1. The van der Waals surface area contributed by atoms with Crippen molar-refractivity contribution in [3.8, 4) is 11.6 Å². The zero-order chi connectivity index (χ0) is 15.9. The Morgan fingerprint density at radius 2 is 2.05 bits per heavy atom. The van der Waals surface area contributed by atoms with Crippen LogP contribution in [0.25, 0.3) is 22.5 Å². The van der Waals surface area contributed by atoms with Crippen LogP contribution in [0, 0.1) is 0 Å². The van der Waals surface area contributed by atoms with Crippen LogP contribution >= 0.6 is 0 Å². The molecule has 0 saturated heterocycles. The molecular formula is C14H8F3N3O2. The molecule has 5 nitrogen and oxygen atoms in total. The lowest BCUT2D eigenvalue weighted by molar-refractivity contribution is -0.136. The van der Waals surface area contributed by atoms with Crippen LogP contribution in [0.1, 0.15) is 15.9 Å². The summed E-state index contributed by atoms with van der Waals surface area (Å²) in [5, 5.41) is 0.152. The van der Waals surface area contributed by atoms with Crippen LogP contribution in [-0.2, 0) is 6.18 Å². The Morgan fingerprint density at radius 1 is 1.27 bits per heavy atom. The van der Waals surface area contributed by atoms with E-state index in [4.69, 9.17) is 10.2 Å². The summed E-state index contributed by atoms with van der Waals surface area (Å²) in [6.07, 6.45) is -2.06. The van der Waals surface area contributed by atoms with Crippen LogP contribution in [0.15, 0.2) is 41.1 Å². The zero-order valence-corrected chi connectivity index (χ0v) is 10.9. The third kappa shape index (κ3) is 2.28. The highest BCUT2D eigenvalue weighted by molar-refractivity contribution is 6.02. The summed E-state index contributed by atoms with van der Waals surface area (Å²) in [6.45, 7) is 0. The fraction of sp³-hybridized carbons (Fsp3) is 0.0714. The zero-order valence-electron chi connectivity index (χ0n) is 10.9. The number of nitrogens with two attached hydrogens (primary N) is 1. The van der Waals surface area contributed by atoms with Crippen molar-refractivity contribution in [2.75, 3.05) is 0 Å². The van der Waals surface area contributed by atoms with Gasteiger partial charge in [-0.2, -0.15) is 13.2 Å². The molecule has 0 aliphatic heterocycles. The van der Waals surface area contributed by atoms with Crippen LogP contribution in [0.2, 0.25) is 0 Å². The number of rotatable bonds is 2. The molecule has 2 heterocycles. The monoisotopic (exact) mass is 307 g/mol. The number of carbonyl (C=O) groups is 1. The standard InChI is InChI=1S/C14H8F3N3O2/c15-14(16,17)9-3-1-2-7-6-8(12(18)21)11(20-10(7)9)13-19-4-5-22-13/h1-6H,(H2,18,21). The summed E-state index contributed by atoms with van der Waals surface area (Å²) in [4.78, 5) is 19.3. The topological polar surface area (TPSA) is 82.0 Å². The van der Waals surface area contributed by atoms with Gasteiger partial charge in [-0.1, -0.05) is 12.1 Å². The molecule has 1 aromatic carbocycles. The SMILES string of the molecule is NC(=O)c1cc2cccc(C(F)(F)F)c2nc1-c1ncco1. The molecule has 0 aliphatic carbocycles. The van der Waals surface area contributed by atoms with E-state index in [0.717, 1.165) is 6.07 Å². The van der Waals surface area contributed by atoms with Crippen molar-refractivity contribution in [1.82, 2.24) is 9.97 Å². The van der Waals surface area contributed by atoms with Gasteiger partial charge in [-0.3, -0.25) is 4.79 Å². The van der Waals surface area contributed by atoms with Crippen LogP contribution in [0.4, 0.5) is 13.2 Å². The summed E-state index contributed by atoms with van der Waals surface area (Å²) in [7, 11) is 0. The molecule has 0 aliphatic rings. The van der Waals surface area contributed by atoms with Crippen molar-refractivity contribution in [2.24, 2.45) is 5.73 Å². The Labute approximate surface area is 121 Å². The van der Waals surface area contributed by atoms with Crippen molar-refractivity contribution >= 4 is 16.8 Å². The van der Waals surface area contributed by atoms with E-state index in [2.05, 4.69) is 9.97 Å². The molecule has 0 saturated carbocycles. The highest BCUT2D eigenvalue weighted by Crippen LogP contribution is 2.35. The summed E-state index contributed by atoms with van der Waals surface area (Å²) in [5.74, 6) is -0.910. The van der Waals surface area contributed by atoms with Gasteiger partial charge in [0.15, 0.2) is 0 Å². The fourth-order valence-corrected chi connectivity index (χ4v) is 2.12. The van der Waals surface area contributed by atoms with Crippen LogP contribution in [-0.4, -0.2) is 15.9 Å². The first-order valence-corrected chi connectivity index (χ1v) is 6.08. The molecule has 2 N–H and O–H groups in total. The first kappa shape index (κ1) is 14.1. The van der Waals surface area contributed by atoms with Gasteiger partial charge in [0.25, 0.3) is 5.91 Å². The lowest BCUT2D eigenvalue weighted by atomic mass is 10.0. The van der Waals surface area contributed by atoms with E-state index in [1.54, 1.807) is 0 Å². The highest BCUT2D eigenvalue weighted by Gasteiger charge is 2.33. The van der Waals surface area contributed by atoms with Crippen LogP contribution < -0.4 is 5.73 Å². The smallest absolute Gasteiger partial charge is 0.418 e. The van der Waals surface area contributed by atoms with E-state index in [0.29, 0.717) is 0 Å². The molecule has 1 amide bonds. The maximum Gasteiger partial charge on any atom is 0.418 e. The number of nitrogens with zero attached hydrogens (tertiary/aromatic N) is 2. The number of oxazole rings is 1. The van der Waals surface area contributed by atoms with Crippen LogP contribution in [0.3, 0.4) is 0 Å². The third-order valence-electron chi connectivity index (χ3n) is 3.05. The van der Waals surface area contributed by atoms with Gasteiger partial charge < -0.3 is 10.2 Å². The van der Waals surface area contributed by atoms with Gasteiger partial charge in [0.2, 0.25) is 5.89 Å². The maximum absolute atomic E-state index is 13.1. The molecule has 0 fully saturated rings. The van der Waals surface area contributed by atoms with Crippen molar-refractivity contribution in [1.29, 1.82) is 0 Å². The molecule has 0 bridgehead atoms. The normalized spacial score (nSPS) is 11.8. The second kappa shape index (κ2) is 4.83. The minimum Gasteiger partial charge on any atom is -0.443 e. The molecule has 8 heteroatoms. The number of amides is 1. The number of pyridine rings is 1. The van der Waals surface area contributed by atoms with Gasteiger partial charge in [-0.25, -0.2) is 9.97 Å². The average molecular weight is 307 g/mol. The van der Waals surface area contributed by atoms with Crippen molar-refractivity contribution in [3.05, 3.63) is 47.9 Å². The molecule has 3 rings (SSSR count). The Balaban J connectivity index is 2.38. The molecular weight excluding hydrogens is 299 g/mol. The number of primary amides is 1. The number of halogens is 3. The third-order valence-corrected chi connectivity index (χ3v) is 3.05. The van der Waals surface area contributed by atoms with Gasteiger partial charge in [-0.05, 0) is 12.1 Å². The van der Waals surface area contributed by atoms with Gasteiger partial charge in [-0.15, -0.1) is 0 Å². The van der Waals surface area contributed by atoms with Gasteiger partial charge in [0, 0.05) is 5.39 Å². The second-order valence-electron chi connectivity index (χ2n) is 4.46.